The molecule has 1 heterocycles. The molecule has 2 aromatic rings. The Balaban J connectivity index is 1.45. The first-order valence-electron chi connectivity index (χ1n) is 8.31. The van der Waals surface area contributed by atoms with Gasteiger partial charge in [-0.1, -0.05) is 36.8 Å². The van der Waals surface area contributed by atoms with Crippen LogP contribution in [0.15, 0.2) is 46.9 Å². The molecule has 0 radical (unpaired) electrons. The molecule has 2 unspecified atom stereocenters. The SMILES string of the molecule is O=C(CCc1ccc(-c2ccccc2)o1)NCC1CCCC1O. The standard InChI is InChI=1S/C19H23NO3/c21-17-8-4-7-15(17)13-20-19(22)12-10-16-9-11-18(23-16)14-5-2-1-3-6-14/h1-3,5-6,9,11,15,17,21H,4,7-8,10,12-13H2,(H,20,22). The normalized spacial score (nSPS) is 20.6. The number of aliphatic hydroxyl groups is 1. The van der Waals surface area contributed by atoms with Crippen LogP contribution in [0, 0.1) is 5.92 Å². The fourth-order valence-electron chi connectivity index (χ4n) is 3.10. The van der Waals surface area contributed by atoms with Crippen LogP contribution in [-0.4, -0.2) is 23.7 Å². The third-order valence-corrected chi connectivity index (χ3v) is 4.50. The number of nitrogens with one attached hydrogen (secondary N) is 1. The Hall–Kier alpha value is -2.07. The molecule has 2 atom stereocenters. The summed E-state index contributed by atoms with van der Waals surface area (Å²) in [5.74, 6) is 1.88. The molecule has 3 rings (SSSR count). The molecular formula is C19H23NO3. The molecule has 1 fully saturated rings. The quantitative estimate of drug-likeness (QED) is 0.861. The Labute approximate surface area is 136 Å². The van der Waals surface area contributed by atoms with Crippen LogP contribution in [0.1, 0.15) is 31.4 Å². The van der Waals surface area contributed by atoms with Crippen LogP contribution in [0.25, 0.3) is 11.3 Å². The van der Waals surface area contributed by atoms with Crippen LogP contribution in [0.5, 0.6) is 0 Å². The van der Waals surface area contributed by atoms with E-state index in [9.17, 15) is 9.90 Å². The van der Waals surface area contributed by atoms with E-state index in [1.54, 1.807) is 0 Å². The summed E-state index contributed by atoms with van der Waals surface area (Å²) in [5.41, 5.74) is 1.04. The Kier molecular flexibility index (Phi) is 5.13. The summed E-state index contributed by atoms with van der Waals surface area (Å²) in [4.78, 5) is 11.9. The van der Waals surface area contributed by atoms with Crippen molar-refractivity contribution in [3.63, 3.8) is 0 Å². The zero-order valence-electron chi connectivity index (χ0n) is 13.2. The molecule has 0 bridgehead atoms. The minimum Gasteiger partial charge on any atom is -0.461 e. The zero-order chi connectivity index (χ0) is 16.1. The van der Waals surface area contributed by atoms with Crippen molar-refractivity contribution in [2.24, 2.45) is 5.92 Å². The molecule has 1 aliphatic carbocycles. The monoisotopic (exact) mass is 313 g/mol. The number of carbonyl (C=O) groups is 1. The van der Waals surface area contributed by atoms with Gasteiger partial charge in [-0.25, -0.2) is 0 Å². The second kappa shape index (κ2) is 7.47. The van der Waals surface area contributed by atoms with Gasteiger partial charge < -0.3 is 14.8 Å². The summed E-state index contributed by atoms with van der Waals surface area (Å²) in [7, 11) is 0. The van der Waals surface area contributed by atoms with Crippen molar-refractivity contribution in [2.75, 3.05) is 6.54 Å². The van der Waals surface area contributed by atoms with Gasteiger partial charge in [-0.15, -0.1) is 0 Å². The van der Waals surface area contributed by atoms with Crippen LogP contribution in [0.2, 0.25) is 0 Å². The van der Waals surface area contributed by atoms with E-state index in [-0.39, 0.29) is 17.9 Å². The van der Waals surface area contributed by atoms with Crippen LogP contribution >= 0.6 is 0 Å². The molecule has 1 aliphatic rings. The average Bonchev–Trinajstić information content (AvgIpc) is 3.21. The zero-order valence-corrected chi connectivity index (χ0v) is 13.2. The Morgan fingerprint density at radius 2 is 2.00 bits per heavy atom. The molecule has 1 aromatic carbocycles. The summed E-state index contributed by atoms with van der Waals surface area (Å²) >= 11 is 0. The van der Waals surface area contributed by atoms with Gasteiger partial charge in [-0.2, -0.15) is 0 Å². The van der Waals surface area contributed by atoms with Crippen LogP contribution in [-0.2, 0) is 11.2 Å². The van der Waals surface area contributed by atoms with E-state index in [0.717, 1.165) is 36.3 Å². The Bertz CT molecular complexity index is 635. The van der Waals surface area contributed by atoms with Crippen molar-refractivity contribution >= 4 is 5.91 Å². The molecule has 4 heteroatoms. The van der Waals surface area contributed by atoms with Crippen LogP contribution in [0.3, 0.4) is 0 Å². The summed E-state index contributed by atoms with van der Waals surface area (Å²) in [6, 6.07) is 13.8. The summed E-state index contributed by atoms with van der Waals surface area (Å²) < 4.78 is 5.80. The van der Waals surface area contributed by atoms with Crippen molar-refractivity contribution < 1.29 is 14.3 Å². The van der Waals surface area contributed by atoms with E-state index in [2.05, 4.69) is 5.32 Å². The predicted octanol–water partition coefficient (Wildman–Crippen LogP) is 3.16. The predicted molar refractivity (Wildman–Crippen MR) is 88.8 cm³/mol. The Morgan fingerprint density at radius 3 is 2.74 bits per heavy atom. The largest absolute Gasteiger partial charge is 0.461 e. The maximum absolute atomic E-state index is 11.9. The summed E-state index contributed by atoms with van der Waals surface area (Å²) in [6.45, 7) is 0.577. The highest BCUT2D eigenvalue weighted by molar-refractivity contribution is 5.76. The van der Waals surface area contributed by atoms with E-state index in [0.29, 0.717) is 19.4 Å². The number of hydrogen-bond acceptors (Lipinski definition) is 3. The first-order valence-corrected chi connectivity index (χ1v) is 8.31. The van der Waals surface area contributed by atoms with Gasteiger partial charge in [0.05, 0.1) is 6.10 Å². The van der Waals surface area contributed by atoms with E-state index < -0.39 is 0 Å². The second-order valence-electron chi connectivity index (χ2n) is 6.19. The maximum atomic E-state index is 11.9. The topological polar surface area (TPSA) is 62.5 Å². The molecule has 122 valence electrons. The molecule has 23 heavy (non-hydrogen) atoms. The number of amides is 1. The lowest BCUT2D eigenvalue weighted by Gasteiger charge is -2.14. The van der Waals surface area contributed by atoms with Gasteiger partial charge in [-0.3, -0.25) is 4.79 Å². The van der Waals surface area contributed by atoms with E-state index in [1.807, 2.05) is 42.5 Å². The molecular weight excluding hydrogens is 290 g/mol. The molecule has 4 nitrogen and oxygen atoms in total. The van der Waals surface area contributed by atoms with Gasteiger partial charge in [0.2, 0.25) is 5.91 Å². The third-order valence-electron chi connectivity index (χ3n) is 4.50. The van der Waals surface area contributed by atoms with Crippen LogP contribution < -0.4 is 5.32 Å². The molecule has 0 aliphatic heterocycles. The third kappa shape index (κ3) is 4.23. The number of furan rings is 1. The summed E-state index contributed by atoms with van der Waals surface area (Å²) in [5, 5.41) is 12.7. The van der Waals surface area contributed by atoms with Gasteiger partial charge in [-0.05, 0) is 25.0 Å². The van der Waals surface area contributed by atoms with Crippen molar-refractivity contribution in [3.05, 3.63) is 48.2 Å². The van der Waals surface area contributed by atoms with Crippen molar-refractivity contribution in [1.29, 1.82) is 0 Å². The number of benzene rings is 1. The average molecular weight is 313 g/mol. The smallest absolute Gasteiger partial charge is 0.220 e. The highest BCUT2D eigenvalue weighted by Gasteiger charge is 2.25. The highest BCUT2D eigenvalue weighted by atomic mass is 16.3. The molecule has 1 saturated carbocycles. The number of aryl methyl sites for hydroxylation is 1. The van der Waals surface area contributed by atoms with E-state index in [1.165, 1.54) is 0 Å². The van der Waals surface area contributed by atoms with Gasteiger partial charge in [0, 0.05) is 30.9 Å². The Morgan fingerprint density at radius 1 is 1.17 bits per heavy atom. The van der Waals surface area contributed by atoms with Gasteiger partial charge in [0.25, 0.3) is 0 Å². The number of carbonyl (C=O) groups excluding carboxylic acids is 1. The first kappa shape index (κ1) is 15.8. The van der Waals surface area contributed by atoms with E-state index >= 15 is 0 Å². The lowest BCUT2D eigenvalue weighted by atomic mass is 10.1. The highest BCUT2D eigenvalue weighted by Crippen LogP contribution is 2.25. The van der Waals surface area contributed by atoms with Crippen molar-refractivity contribution in [1.82, 2.24) is 5.32 Å². The lowest BCUT2D eigenvalue weighted by Crippen LogP contribution is -2.32. The number of rotatable bonds is 6. The number of aliphatic hydroxyl groups excluding tert-OH is 1. The van der Waals surface area contributed by atoms with Crippen molar-refractivity contribution in [2.45, 2.75) is 38.2 Å². The molecule has 0 saturated heterocycles. The number of hydrogen-bond donors (Lipinski definition) is 2. The second-order valence-corrected chi connectivity index (χ2v) is 6.19. The molecule has 2 N–H and O–H groups in total. The van der Waals surface area contributed by atoms with Gasteiger partial charge >= 0.3 is 0 Å². The molecule has 0 spiro atoms. The van der Waals surface area contributed by atoms with Gasteiger partial charge in [0.15, 0.2) is 0 Å². The van der Waals surface area contributed by atoms with Gasteiger partial charge in [0.1, 0.15) is 11.5 Å². The minimum atomic E-state index is -0.256. The van der Waals surface area contributed by atoms with Crippen molar-refractivity contribution in [3.8, 4) is 11.3 Å². The fourth-order valence-corrected chi connectivity index (χ4v) is 3.10. The minimum absolute atomic E-state index is 0.0155. The molecule has 1 amide bonds. The lowest BCUT2D eigenvalue weighted by molar-refractivity contribution is -0.121. The van der Waals surface area contributed by atoms with E-state index in [4.69, 9.17) is 4.42 Å². The first-order chi connectivity index (χ1) is 11.2. The molecule has 1 aromatic heterocycles. The van der Waals surface area contributed by atoms with Crippen LogP contribution in [0.4, 0.5) is 0 Å². The maximum Gasteiger partial charge on any atom is 0.220 e. The summed E-state index contributed by atoms with van der Waals surface area (Å²) in [6.07, 6.45) is 3.65. The fraction of sp³-hybridized carbons (Fsp3) is 0.421.